The first-order valence-corrected chi connectivity index (χ1v) is 9.50. The van der Waals surface area contributed by atoms with Crippen LogP contribution in [-0.2, 0) is 4.79 Å². The molecule has 0 aromatic carbocycles. The predicted molar refractivity (Wildman–Crippen MR) is 91.9 cm³/mol. The Balaban J connectivity index is 1.65. The van der Waals surface area contributed by atoms with Gasteiger partial charge in [0.05, 0.1) is 11.5 Å². The van der Waals surface area contributed by atoms with Gasteiger partial charge in [0.25, 0.3) is 5.91 Å². The molecule has 2 atom stereocenters. The number of carbonyl (C=O) groups excluding carboxylic acids is 2. The van der Waals surface area contributed by atoms with Crippen LogP contribution in [0.4, 0.5) is 13.2 Å². The molecule has 1 heterocycles. The average molecular weight is 392 g/mol. The van der Waals surface area contributed by atoms with Gasteiger partial charge in [-0.25, -0.2) is 0 Å². The van der Waals surface area contributed by atoms with Gasteiger partial charge in [-0.1, -0.05) is 0 Å². The molecule has 146 valence electrons. The zero-order chi connectivity index (χ0) is 19.2. The van der Waals surface area contributed by atoms with E-state index in [9.17, 15) is 27.9 Å². The fraction of sp³-hybridized carbons (Fsp3) is 0.647. The lowest BCUT2D eigenvalue weighted by Crippen LogP contribution is -2.48. The minimum atomic E-state index is -4.32. The molecule has 2 rings (SSSR count). The molecule has 0 radical (unpaired) electrons. The Labute approximate surface area is 154 Å². The number of carbonyl (C=O) groups is 2. The highest BCUT2D eigenvalue weighted by Crippen LogP contribution is 2.41. The largest absolute Gasteiger partial charge is 0.391 e. The maximum Gasteiger partial charge on any atom is 0.391 e. The lowest BCUT2D eigenvalue weighted by Gasteiger charge is -2.37. The molecule has 1 fully saturated rings. The first-order chi connectivity index (χ1) is 12.2. The van der Waals surface area contributed by atoms with E-state index >= 15 is 0 Å². The van der Waals surface area contributed by atoms with Gasteiger partial charge in [-0.15, -0.1) is 0 Å². The Morgan fingerprint density at radius 1 is 1.35 bits per heavy atom. The van der Waals surface area contributed by atoms with Gasteiger partial charge in [0.1, 0.15) is 0 Å². The van der Waals surface area contributed by atoms with Crippen molar-refractivity contribution >= 4 is 23.2 Å². The van der Waals surface area contributed by atoms with Crippen LogP contribution < -0.4 is 10.6 Å². The zero-order valence-electron chi connectivity index (χ0n) is 14.3. The fourth-order valence-corrected chi connectivity index (χ4v) is 3.71. The third-order valence-electron chi connectivity index (χ3n) is 4.55. The second-order valence-electron chi connectivity index (χ2n) is 6.71. The monoisotopic (exact) mass is 392 g/mol. The van der Waals surface area contributed by atoms with Gasteiger partial charge in [-0.2, -0.15) is 24.5 Å². The summed E-state index contributed by atoms with van der Waals surface area (Å²) < 4.78 is 38.5. The molecule has 1 aliphatic rings. The summed E-state index contributed by atoms with van der Waals surface area (Å²) >= 11 is 1.41. The summed E-state index contributed by atoms with van der Waals surface area (Å²) in [4.78, 5) is 23.5. The Bertz CT molecular complexity index is 607. The summed E-state index contributed by atoms with van der Waals surface area (Å²) in [6, 6.07) is 1.70. The number of nitrogens with one attached hydrogen (secondary N) is 2. The van der Waals surface area contributed by atoms with Crippen LogP contribution in [0, 0.1) is 5.92 Å². The van der Waals surface area contributed by atoms with Crippen molar-refractivity contribution in [1.82, 2.24) is 10.6 Å². The lowest BCUT2D eigenvalue weighted by molar-refractivity contribution is -0.199. The number of hydrogen-bond acceptors (Lipinski definition) is 4. The number of thiophene rings is 1. The van der Waals surface area contributed by atoms with E-state index in [1.54, 1.807) is 16.8 Å². The number of halogens is 3. The Kier molecular flexibility index (Phi) is 7.05. The van der Waals surface area contributed by atoms with Crippen molar-refractivity contribution in [3.8, 4) is 0 Å². The van der Waals surface area contributed by atoms with E-state index in [1.165, 1.54) is 11.3 Å². The van der Waals surface area contributed by atoms with Crippen molar-refractivity contribution in [3.63, 3.8) is 0 Å². The molecule has 3 N–H and O–H groups in total. The SMILES string of the molecule is O=C(CCCNC(=O)c1ccsc1)NCC1(O)CCCC(C(F)(F)F)C1. The summed E-state index contributed by atoms with van der Waals surface area (Å²) in [5.74, 6) is -2.08. The normalized spacial score (nSPS) is 23.5. The number of rotatable bonds is 7. The average Bonchev–Trinajstić information content (AvgIpc) is 3.11. The highest BCUT2D eigenvalue weighted by atomic mass is 32.1. The summed E-state index contributed by atoms with van der Waals surface area (Å²) in [5, 5.41) is 19.1. The van der Waals surface area contributed by atoms with Gasteiger partial charge >= 0.3 is 6.18 Å². The van der Waals surface area contributed by atoms with Crippen LogP contribution in [0.5, 0.6) is 0 Å². The quantitative estimate of drug-likeness (QED) is 0.625. The number of hydrogen-bond donors (Lipinski definition) is 3. The standard InChI is InChI=1S/C17H23F3N2O3S/c18-17(19,20)13-3-1-6-16(25,9-13)11-22-14(23)4-2-7-21-15(24)12-5-8-26-10-12/h5,8,10,13,25H,1-4,6-7,9,11H2,(H,21,24)(H,22,23). The first-order valence-electron chi connectivity index (χ1n) is 8.56. The van der Waals surface area contributed by atoms with Crippen LogP contribution >= 0.6 is 11.3 Å². The molecule has 2 amide bonds. The van der Waals surface area contributed by atoms with Gasteiger partial charge in [-0.3, -0.25) is 9.59 Å². The molecule has 0 aliphatic heterocycles. The maximum atomic E-state index is 12.8. The molecular weight excluding hydrogens is 369 g/mol. The third-order valence-corrected chi connectivity index (χ3v) is 5.23. The molecule has 9 heteroatoms. The highest BCUT2D eigenvalue weighted by molar-refractivity contribution is 7.08. The molecule has 1 aromatic rings. The van der Waals surface area contributed by atoms with Crippen molar-refractivity contribution in [2.24, 2.45) is 5.92 Å². The minimum Gasteiger partial charge on any atom is -0.388 e. The van der Waals surface area contributed by atoms with E-state index in [-0.39, 0.29) is 50.5 Å². The van der Waals surface area contributed by atoms with Crippen LogP contribution in [0.25, 0.3) is 0 Å². The van der Waals surface area contributed by atoms with Gasteiger partial charge < -0.3 is 15.7 Å². The van der Waals surface area contributed by atoms with E-state index < -0.39 is 17.7 Å². The van der Waals surface area contributed by atoms with Crippen molar-refractivity contribution in [3.05, 3.63) is 22.4 Å². The second kappa shape index (κ2) is 8.85. The van der Waals surface area contributed by atoms with Crippen molar-refractivity contribution in [1.29, 1.82) is 0 Å². The summed E-state index contributed by atoms with van der Waals surface area (Å²) in [6.45, 7) is 0.141. The summed E-state index contributed by atoms with van der Waals surface area (Å²) in [5.41, 5.74) is -0.945. The van der Waals surface area contributed by atoms with Crippen molar-refractivity contribution in [2.75, 3.05) is 13.1 Å². The minimum absolute atomic E-state index is 0.0174. The fourth-order valence-electron chi connectivity index (χ4n) is 3.08. The van der Waals surface area contributed by atoms with Crippen LogP contribution in [0.15, 0.2) is 16.8 Å². The number of amides is 2. The van der Waals surface area contributed by atoms with E-state index in [4.69, 9.17) is 0 Å². The Morgan fingerprint density at radius 2 is 2.12 bits per heavy atom. The molecule has 5 nitrogen and oxygen atoms in total. The Morgan fingerprint density at radius 3 is 2.77 bits per heavy atom. The van der Waals surface area contributed by atoms with Crippen LogP contribution in [-0.4, -0.2) is 41.8 Å². The molecule has 1 aliphatic carbocycles. The molecule has 26 heavy (non-hydrogen) atoms. The highest BCUT2D eigenvalue weighted by Gasteiger charge is 2.46. The summed E-state index contributed by atoms with van der Waals surface area (Å²) in [7, 11) is 0. The predicted octanol–water partition coefficient (Wildman–Crippen LogP) is 2.86. The van der Waals surface area contributed by atoms with E-state index in [1.807, 2.05) is 0 Å². The summed E-state index contributed by atoms with van der Waals surface area (Å²) in [6.07, 6.45) is -3.62. The van der Waals surface area contributed by atoms with Gasteiger partial charge in [0.15, 0.2) is 0 Å². The molecule has 0 bridgehead atoms. The third kappa shape index (κ3) is 6.28. The lowest BCUT2D eigenvalue weighted by atomic mass is 9.77. The number of aliphatic hydroxyl groups is 1. The molecule has 1 aromatic heterocycles. The molecule has 0 spiro atoms. The molecule has 2 unspecified atom stereocenters. The van der Waals surface area contributed by atoms with Gasteiger partial charge in [0.2, 0.25) is 5.91 Å². The zero-order valence-corrected chi connectivity index (χ0v) is 15.1. The van der Waals surface area contributed by atoms with Gasteiger partial charge in [-0.05, 0) is 43.6 Å². The number of alkyl halides is 3. The smallest absolute Gasteiger partial charge is 0.388 e. The van der Waals surface area contributed by atoms with E-state index in [0.717, 1.165) is 0 Å². The van der Waals surface area contributed by atoms with E-state index in [2.05, 4.69) is 10.6 Å². The molecular formula is C17H23F3N2O3S. The topological polar surface area (TPSA) is 78.4 Å². The van der Waals surface area contributed by atoms with Crippen molar-refractivity contribution in [2.45, 2.75) is 50.3 Å². The van der Waals surface area contributed by atoms with Crippen molar-refractivity contribution < 1.29 is 27.9 Å². The van der Waals surface area contributed by atoms with Gasteiger partial charge in [0, 0.05) is 30.5 Å². The van der Waals surface area contributed by atoms with Crippen LogP contribution in [0.2, 0.25) is 0 Å². The first kappa shape index (κ1) is 20.7. The molecule has 0 saturated heterocycles. The van der Waals surface area contributed by atoms with Crippen LogP contribution in [0.3, 0.4) is 0 Å². The molecule has 1 saturated carbocycles. The second-order valence-corrected chi connectivity index (χ2v) is 7.49. The van der Waals surface area contributed by atoms with E-state index in [0.29, 0.717) is 18.5 Å². The Hall–Kier alpha value is -1.61. The van der Waals surface area contributed by atoms with Crippen LogP contribution in [0.1, 0.15) is 48.9 Å². The maximum absolute atomic E-state index is 12.8.